The Balaban J connectivity index is 2.67. The molecule has 0 amide bonds. The van der Waals surface area contributed by atoms with Crippen LogP contribution in [0.25, 0.3) is 0 Å². The van der Waals surface area contributed by atoms with Crippen LogP contribution in [0.4, 0.5) is 0 Å². The number of nitrogens with zero attached hydrogens (tertiary/aromatic N) is 3. The quantitative estimate of drug-likeness (QED) is 0.233. The minimum Gasteiger partial charge on any atom is -0.371 e. The molecule has 0 saturated carbocycles. The molecule has 0 aromatic carbocycles. The third-order valence-electron chi connectivity index (χ3n) is 1.75. The molecule has 0 radical (unpaired) electrons. The van der Waals surface area contributed by atoms with E-state index in [-0.39, 0.29) is 12.7 Å². The summed E-state index contributed by atoms with van der Waals surface area (Å²) in [5.74, 6) is 0. The second-order valence-corrected chi connectivity index (χ2v) is 2.95. The number of rotatable bonds is 7. The molecule has 1 fully saturated rings. The third-order valence-corrected chi connectivity index (χ3v) is 1.75. The van der Waals surface area contributed by atoms with Gasteiger partial charge in [0.05, 0.1) is 18.1 Å². The summed E-state index contributed by atoms with van der Waals surface area (Å²) in [5, 5.41) is 31.0. The standard InChI is InChI=1S/C5H7N3O8/c9-6(10)4(7(11)12)5(8(13)14)16-2-3-1-15-3/h3-5H,1-2H2. The van der Waals surface area contributed by atoms with Crippen molar-refractivity contribution in [2.75, 3.05) is 13.2 Å². The van der Waals surface area contributed by atoms with Crippen molar-refractivity contribution >= 4 is 0 Å². The van der Waals surface area contributed by atoms with E-state index >= 15 is 0 Å². The van der Waals surface area contributed by atoms with Gasteiger partial charge in [-0.15, -0.1) is 0 Å². The van der Waals surface area contributed by atoms with Crippen LogP contribution in [-0.4, -0.2) is 46.5 Å². The minimum atomic E-state index is -2.62. The summed E-state index contributed by atoms with van der Waals surface area (Å²) in [6.45, 7) is 0.0514. The highest BCUT2D eigenvalue weighted by molar-refractivity contribution is 4.67. The van der Waals surface area contributed by atoms with Gasteiger partial charge in [0.25, 0.3) is 0 Å². The van der Waals surface area contributed by atoms with Gasteiger partial charge < -0.3 is 9.47 Å². The molecule has 1 aliphatic heterocycles. The summed E-state index contributed by atoms with van der Waals surface area (Å²) >= 11 is 0. The smallest absolute Gasteiger partial charge is 0.371 e. The lowest BCUT2D eigenvalue weighted by Crippen LogP contribution is -2.47. The second kappa shape index (κ2) is 4.76. The Bertz CT molecular complexity index is 301. The van der Waals surface area contributed by atoms with E-state index in [1.807, 2.05) is 0 Å². The molecule has 0 aliphatic carbocycles. The maximum atomic E-state index is 10.4. The molecule has 11 heteroatoms. The van der Waals surface area contributed by atoms with Gasteiger partial charge in [0.2, 0.25) is 0 Å². The maximum absolute atomic E-state index is 10.4. The first kappa shape index (κ1) is 12.2. The Morgan fingerprint density at radius 3 is 2.00 bits per heavy atom. The van der Waals surface area contributed by atoms with Crippen molar-refractivity contribution in [3.05, 3.63) is 30.3 Å². The predicted molar refractivity (Wildman–Crippen MR) is 44.3 cm³/mol. The van der Waals surface area contributed by atoms with Crippen LogP contribution in [0.5, 0.6) is 0 Å². The van der Waals surface area contributed by atoms with E-state index in [0.717, 1.165) is 0 Å². The third kappa shape index (κ3) is 3.06. The summed E-state index contributed by atoms with van der Waals surface area (Å²) in [4.78, 5) is 27.1. The second-order valence-electron chi connectivity index (χ2n) is 2.95. The van der Waals surface area contributed by atoms with Gasteiger partial charge >= 0.3 is 12.4 Å². The molecule has 1 aliphatic rings. The van der Waals surface area contributed by atoms with E-state index in [0.29, 0.717) is 6.61 Å². The topological polar surface area (TPSA) is 151 Å². The highest BCUT2D eigenvalue weighted by atomic mass is 16.7. The molecule has 0 N–H and O–H groups in total. The van der Waals surface area contributed by atoms with E-state index < -0.39 is 27.2 Å². The molecule has 1 heterocycles. The lowest BCUT2D eigenvalue weighted by molar-refractivity contribution is -0.800. The van der Waals surface area contributed by atoms with Crippen LogP contribution in [0, 0.1) is 30.3 Å². The Morgan fingerprint density at radius 2 is 1.69 bits per heavy atom. The number of nitro groups is 3. The Labute approximate surface area is 87.4 Å². The molecule has 0 bridgehead atoms. The van der Waals surface area contributed by atoms with E-state index in [2.05, 4.69) is 9.47 Å². The number of ether oxygens (including phenoxy) is 2. The molecule has 0 spiro atoms. The Morgan fingerprint density at radius 1 is 1.19 bits per heavy atom. The highest BCUT2D eigenvalue weighted by Gasteiger charge is 2.53. The van der Waals surface area contributed by atoms with Crippen LogP contribution in [0.3, 0.4) is 0 Å². The van der Waals surface area contributed by atoms with Crippen molar-refractivity contribution in [1.29, 1.82) is 0 Å². The first-order chi connectivity index (χ1) is 7.43. The van der Waals surface area contributed by atoms with Gasteiger partial charge in [-0.25, -0.2) is 0 Å². The van der Waals surface area contributed by atoms with Crippen LogP contribution in [0.15, 0.2) is 0 Å². The van der Waals surface area contributed by atoms with Crippen molar-refractivity contribution in [3.8, 4) is 0 Å². The summed E-state index contributed by atoms with van der Waals surface area (Å²) in [7, 11) is 0. The van der Waals surface area contributed by atoms with E-state index in [4.69, 9.17) is 0 Å². The van der Waals surface area contributed by atoms with Gasteiger partial charge in [0.1, 0.15) is 16.0 Å². The lowest BCUT2D eigenvalue weighted by Gasteiger charge is -2.08. The highest BCUT2D eigenvalue weighted by Crippen LogP contribution is 2.13. The summed E-state index contributed by atoms with van der Waals surface area (Å²) in [5.41, 5.74) is 0. The van der Waals surface area contributed by atoms with Gasteiger partial charge in [-0.05, 0) is 0 Å². The molecule has 1 rings (SSSR count). The van der Waals surface area contributed by atoms with Gasteiger partial charge in [-0.1, -0.05) is 0 Å². The Hall–Kier alpha value is -1.88. The summed E-state index contributed by atoms with van der Waals surface area (Å²) in [6, 6.07) is 0. The van der Waals surface area contributed by atoms with E-state index in [9.17, 15) is 30.3 Å². The van der Waals surface area contributed by atoms with Crippen molar-refractivity contribution in [2.45, 2.75) is 18.5 Å². The van der Waals surface area contributed by atoms with Crippen molar-refractivity contribution in [2.24, 2.45) is 0 Å². The monoisotopic (exact) mass is 237 g/mol. The van der Waals surface area contributed by atoms with Gasteiger partial charge in [0, 0.05) is 0 Å². The fraction of sp³-hybridized carbons (Fsp3) is 1.00. The van der Waals surface area contributed by atoms with Crippen LogP contribution >= 0.6 is 0 Å². The van der Waals surface area contributed by atoms with Crippen LogP contribution < -0.4 is 0 Å². The molecule has 2 atom stereocenters. The molecular formula is C5H7N3O8. The molecular weight excluding hydrogens is 230 g/mol. The Kier molecular flexibility index (Phi) is 3.63. The zero-order valence-corrected chi connectivity index (χ0v) is 7.75. The normalized spacial score (nSPS) is 20.4. The lowest BCUT2D eigenvalue weighted by atomic mass is 10.4. The zero-order valence-electron chi connectivity index (χ0n) is 7.75. The number of hydrogen-bond acceptors (Lipinski definition) is 8. The van der Waals surface area contributed by atoms with E-state index in [1.165, 1.54) is 0 Å². The largest absolute Gasteiger partial charge is 0.541 e. The first-order valence-electron chi connectivity index (χ1n) is 4.07. The predicted octanol–water partition coefficient (Wildman–Crippen LogP) is -1.12. The van der Waals surface area contributed by atoms with Gasteiger partial charge in [-0.2, -0.15) is 0 Å². The molecule has 90 valence electrons. The zero-order chi connectivity index (χ0) is 12.3. The van der Waals surface area contributed by atoms with Gasteiger partial charge in [0.15, 0.2) is 0 Å². The van der Waals surface area contributed by atoms with Crippen LogP contribution in [-0.2, 0) is 9.47 Å². The molecule has 0 aromatic rings. The molecule has 16 heavy (non-hydrogen) atoms. The van der Waals surface area contributed by atoms with Crippen molar-refractivity contribution in [1.82, 2.24) is 0 Å². The summed E-state index contributed by atoms with van der Waals surface area (Å²) < 4.78 is 9.16. The van der Waals surface area contributed by atoms with Crippen LogP contribution in [0.2, 0.25) is 0 Å². The fourth-order valence-corrected chi connectivity index (χ4v) is 0.911. The average Bonchev–Trinajstić information content (AvgIpc) is 2.93. The maximum Gasteiger partial charge on any atom is 0.541 e. The summed E-state index contributed by atoms with van der Waals surface area (Å²) in [6.07, 6.45) is -5.30. The first-order valence-corrected chi connectivity index (χ1v) is 4.07. The number of epoxide rings is 1. The molecule has 11 nitrogen and oxygen atoms in total. The minimum absolute atomic E-state index is 0.274. The van der Waals surface area contributed by atoms with Gasteiger partial charge in [-0.3, -0.25) is 30.3 Å². The molecule has 1 saturated heterocycles. The van der Waals surface area contributed by atoms with E-state index in [1.54, 1.807) is 0 Å². The van der Waals surface area contributed by atoms with Crippen molar-refractivity contribution in [3.63, 3.8) is 0 Å². The molecule has 0 aromatic heterocycles. The molecule has 2 unspecified atom stereocenters. The SMILES string of the molecule is O=[N+]([O-])C(OCC1CO1)C([N+](=O)[O-])[N+](=O)[O-]. The van der Waals surface area contributed by atoms with Crippen molar-refractivity contribution < 1.29 is 24.2 Å². The number of hydrogen-bond donors (Lipinski definition) is 0. The average molecular weight is 237 g/mol. The fourth-order valence-electron chi connectivity index (χ4n) is 0.911. The van der Waals surface area contributed by atoms with Crippen LogP contribution in [0.1, 0.15) is 0 Å².